The molecule has 1 aliphatic rings. The maximum Gasteiger partial charge on any atom is 0.220 e. The lowest BCUT2D eigenvalue weighted by molar-refractivity contribution is -0.122. The molecule has 2 atom stereocenters. The number of aliphatic hydroxyl groups is 1. The molecule has 1 aliphatic heterocycles. The lowest BCUT2D eigenvalue weighted by Crippen LogP contribution is -2.33. The molecule has 0 bridgehead atoms. The van der Waals surface area contributed by atoms with Crippen molar-refractivity contribution >= 4 is 5.91 Å². The van der Waals surface area contributed by atoms with Crippen LogP contribution < -0.4 is 10.6 Å². The van der Waals surface area contributed by atoms with E-state index >= 15 is 0 Å². The average molecular weight is 214 g/mol. The predicted octanol–water partition coefficient (Wildman–Crippen LogP) is 0.263. The van der Waals surface area contributed by atoms with Crippen LogP contribution in [-0.4, -0.2) is 36.8 Å². The molecule has 1 amide bonds. The van der Waals surface area contributed by atoms with E-state index in [0.717, 1.165) is 19.5 Å². The summed E-state index contributed by atoms with van der Waals surface area (Å²) in [4.78, 5) is 11.5. The van der Waals surface area contributed by atoms with Gasteiger partial charge >= 0.3 is 0 Å². The molecule has 1 rings (SSSR count). The smallest absolute Gasteiger partial charge is 0.220 e. The standard InChI is InChI=1S/C11H22N2O2/c1-9(5-7-14)13-11(15)3-2-10-4-6-12-8-10/h9-10,12,14H,2-8H2,1H3,(H,13,15). The molecule has 0 aliphatic carbocycles. The van der Waals surface area contributed by atoms with E-state index in [9.17, 15) is 4.79 Å². The maximum absolute atomic E-state index is 11.5. The second-order valence-corrected chi connectivity index (χ2v) is 4.38. The highest BCUT2D eigenvalue weighted by Gasteiger charge is 2.16. The molecule has 0 aromatic heterocycles. The average Bonchev–Trinajstić information content (AvgIpc) is 2.67. The maximum atomic E-state index is 11.5. The molecule has 0 spiro atoms. The van der Waals surface area contributed by atoms with Gasteiger partial charge in [0, 0.05) is 19.1 Å². The molecule has 15 heavy (non-hydrogen) atoms. The minimum absolute atomic E-state index is 0.0872. The third kappa shape index (κ3) is 5.14. The van der Waals surface area contributed by atoms with Crippen molar-refractivity contribution in [1.82, 2.24) is 10.6 Å². The van der Waals surface area contributed by atoms with Gasteiger partial charge in [0.25, 0.3) is 0 Å². The third-order valence-corrected chi connectivity index (χ3v) is 2.91. The molecule has 88 valence electrons. The molecule has 3 N–H and O–H groups in total. The quantitative estimate of drug-likeness (QED) is 0.594. The summed E-state index contributed by atoms with van der Waals surface area (Å²) < 4.78 is 0. The van der Waals surface area contributed by atoms with Crippen LogP contribution in [0.25, 0.3) is 0 Å². The van der Waals surface area contributed by atoms with Crippen molar-refractivity contribution in [2.75, 3.05) is 19.7 Å². The number of carbonyl (C=O) groups excluding carboxylic acids is 1. The normalized spacial score (nSPS) is 22.7. The van der Waals surface area contributed by atoms with E-state index in [4.69, 9.17) is 5.11 Å². The number of rotatable bonds is 6. The Hall–Kier alpha value is -0.610. The molecule has 0 aromatic carbocycles. The van der Waals surface area contributed by atoms with Crippen molar-refractivity contribution in [2.24, 2.45) is 5.92 Å². The van der Waals surface area contributed by atoms with Crippen LogP contribution in [0.4, 0.5) is 0 Å². The van der Waals surface area contributed by atoms with Crippen molar-refractivity contribution < 1.29 is 9.90 Å². The number of hydrogen-bond acceptors (Lipinski definition) is 3. The first-order chi connectivity index (χ1) is 7.22. The highest BCUT2D eigenvalue weighted by Crippen LogP contribution is 2.13. The van der Waals surface area contributed by atoms with Crippen molar-refractivity contribution in [1.29, 1.82) is 0 Å². The minimum Gasteiger partial charge on any atom is -0.396 e. The second-order valence-electron chi connectivity index (χ2n) is 4.38. The Bertz CT molecular complexity index is 191. The molecule has 2 unspecified atom stereocenters. The van der Waals surface area contributed by atoms with Gasteiger partial charge < -0.3 is 15.7 Å². The van der Waals surface area contributed by atoms with Crippen LogP contribution in [0.1, 0.15) is 32.6 Å². The van der Waals surface area contributed by atoms with Crippen molar-refractivity contribution in [3.05, 3.63) is 0 Å². The van der Waals surface area contributed by atoms with E-state index in [1.165, 1.54) is 6.42 Å². The molecule has 0 aromatic rings. The van der Waals surface area contributed by atoms with Crippen LogP contribution in [0, 0.1) is 5.92 Å². The summed E-state index contributed by atoms with van der Waals surface area (Å²) in [6, 6.07) is 0.0872. The molecular weight excluding hydrogens is 192 g/mol. The zero-order valence-corrected chi connectivity index (χ0v) is 9.46. The largest absolute Gasteiger partial charge is 0.396 e. The monoisotopic (exact) mass is 214 g/mol. The fraction of sp³-hybridized carbons (Fsp3) is 0.909. The molecule has 1 heterocycles. The van der Waals surface area contributed by atoms with E-state index in [2.05, 4.69) is 10.6 Å². The van der Waals surface area contributed by atoms with Crippen LogP contribution in [0.2, 0.25) is 0 Å². The predicted molar refractivity (Wildman–Crippen MR) is 59.5 cm³/mol. The summed E-state index contributed by atoms with van der Waals surface area (Å²) >= 11 is 0. The second kappa shape index (κ2) is 6.80. The van der Waals surface area contributed by atoms with Crippen molar-refractivity contribution in [3.63, 3.8) is 0 Å². The van der Waals surface area contributed by atoms with Crippen LogP contribution in [-0.2, 0) is 4.79 Å². The number of amides is 1. The first kappa shape index (κ1) is 12.5. The van der Waals surface area contributed by atoms with Gasteiger partial charge in [-0.15, -0.1) is 0 Å². The Balaban J connectivity index is 2.07. The van der Waals surface area contributed by atoms with Gasteiger partial charge in [0.2, 0.25) is 5.91 Å². The Morgan fingerprint density at radius 2 is 2.47 bits per heavy atom. The number of nitrogens with one attached hydrogen (secondary N) is 2. The molecular formula is C11H22N2O2. The highest BCUT2D eigenvalue weighted by atomic mass is 16.3. The van der Waals surface area contributed by atoms with E-state index in [1.54, 1.807) is 0 Å². The zero-order chi connectivity index (χ0) is 11.1. The van der Waals surface area contributed by atoms with E-state index in [0.29, 0.717) is 18.8 Å². The fourth-order valence-corrected chi connectivity index (χ4v) is 1.91. The van der Waals surface area contributed by atoms with Gasteiger partial charge in [0.05, 0.1) is 0 Å². The molecule has 0 radical (unpaired) electrons. The number of hydrogen-bond donors (Lipinski definition) is 3. The number of aliphatic hydroxyl groups excluding tert-OH is 1. The SMILES string of the molecule is CC(CCO)NC(=O)CCC1CCNC1. The molecule has 0 saturated carbocycles. The van der Waals surface area contributed by atoms with Gasteiger partial charge in [-0.25, -0.2) is 0 Å². The number of carbonyl (C=O) groups is 1. The molecule has 4 heteroatoms. The summed E-state index contributed by atoms with van der Waals surface area (Å²) in [5, 5.41) is 14.9. The summed E-state index contributed by atoms with van der Waals surface area (Å²) in [5.74, 6) is 0.784. The first-order valence-electron chi connectivity index (χ1n) is 5.83. The molecule has 1 fully saturated rings. The van der Waals surface area contributed by atoms with E-state index in [-0.39, 0.29) is 18.6 Å². The summed E-state index contributed by atoms with van der Waals surface area (Å²) in [6.07, 6.45) is 3.42. The lowest BCUT2D eigenvalue weighted by atomic mass is 10.0. The van der Waals surface area contributed by atoms with Crippen LogP contribution in [0.5, 0.6) is 0 Å². The van der Waals surface area contributed by atoms with Crippen LogP contribution in [0.15, 0.2) is 0 Å². The van der Waals surface area contributed by atoms with Crippen LogP contribution in [0.3, 0.4) is 0 Å². The van der Waals surface area contributed by atoms with E-state index in [1.807, 2.05) is 6.92 Å². The van der Waals surface area contributed by atoms with Gasteiger partial charge in [-0.2, -0.15) is 0 Å². The fourth-order valence-electron chi connectivity index (χ4n) is 1.91. The summed E-state index contributed by atoms with van der Waals surface area (Å²) in [6.45, 7) is 4.20. The summed E-state index contributed by atoms with van der Waals surface area (Å²) in [7, 11) is 0. The Labute approximate surface area is 91.4 Å². The van der Waals surface area contributed by atoms with Crippen LogP contribution >= 0.6 is 0 Å². The van der Waals surface area contributed by atoms with Gasteiger partial charge in [-0.05, 0) is 45.2 Å². The Kier molecular flexibility index (Phi) is 5.65. The van der Waals surface area contributed by atoms with Gasteiger partial charge in [0.15, 0.2) is 0 Å². The minimum atomic E-state index is 0.0872. The lowest BCUT2D eigenvalue weighted by Gasteiger charge is -2.13. The van der Waals surface area contributed by atoms with Gasteiger partial charge in [0.1, 0.15) is 0 Å². The summed E-state index contributed by atoms with van der Waals surface area (Å²) in [5.41, 5.74) is 0. The molecule has 1 saturated heterocycles. The Morgan fingerprint density at radius 3 is 3.07 bits per heavy atom. The molecule has 4 nitrogen and oxygen atoms in total. The first-order valence-corrected chi connectivity index (χ1v) is 5.83. The van der Waals surface area contributed by atoms with Crippen molar-refractivity contribution in [2.45, 2.75) is 38.6 Å². The van der Waals surface area contributed by atoms with E-state index < -0.39 is 0 Å². The third-order valence-electron chi connectivity index (χ3n) is 2.91. The van der Waals surface area contributed by atoms with Crippen molar-refractivity contribution in [3.8, 4) is 0 Å². The topological polar surface area (TPSA) is 61.4 Å². The Morgan fingerprint density at radius 1 is 1.67 bits per heavy atom. The highest BCUT2D eigenvalue weighted by molar-refractivity contribution is 5.76. The van der Waals surface area contributed by atoms with Gasteiger partial charge in [-0.3, -0.25) is 4.79 Å². The zero-order valence-electron chi connectivity index (χ0n) is 9.46. The van der Waals surface area contributed by atoms with Gasteiger partial charge in [-0.1, -0.05) is 0 Å².